The fraction of sp³-hybridized carbons (Fsp3) is 0.222. The number of aromatic amines is 1. The van der Waals surface area contributed by atoms with Crippen molar-refractivity contribution in [1.29, 1.82) is 0 Å². The fourth-order valence-electron chi connectivity index (χ4n) is 1.15. The first-order valence-electron chi connectivity index (χ1n) is 4.37. The van der Waals surface area contributed by atoms with Crippen molar-refractivity contribution in [2.45, 2.75) is 13.1 Å². The molecule has 0 amide bonds. The molecule has 0 aromatic carbocycles. The van der Waals surface area contributed by atoms with Gasteiger partial charge in [-0.05, 0) is 0 Å². The second kappa shape index (κ2) is 4.48. The lowest BCUT2D eigenvalue weighted by Crippen LogP contribution is -2.12. The van der Waals surface area contributed by atoms with E-state index in [1.54, 1.807) is 18.6 Å². The average Bonchev–Trinajstić information content (AvgIpc) is 2.72. The summed E-state index contributed by atoms with van der Waals surface area (Å²) in [6, 6.07) is 0. The Morgan fingerprint density at radius 1 is 1.07 bits per heavy atom. The highest BCUT2D eigenvalue weighted by molar-refractivity contribution is 5.04. The summed E-state index contributed by atoms with van der Waals surface area (Å²) < 4.78 is 0. The van der Waals surface area contributed by atoms with Crippen LogP contribution in [0.25, 0.3) is 0 Å². The zero-order valence-electron chi connectivity index (χ0n) is 7.64. The van der Waals surface area contributed by atoms with Crippen molar-refractivity contribution in [1.82, 2.24) is 25.5 Å². The van der Waals surface area contributed by atoms with Gasteiger partial charge in [-0.3, -0.25) is 5.10 Å². The second-order valence-electron chi connectivity index (χ2n) is 2.96. The highest BCUT2D eigenvalue weighted by Crippen LogP contribution is 1.95. The molecule has 0 aliphatic rings. The first-order chi connectivity index (χ1) is 6.95. The Bertz CT molecular complexity index is 356. The van der Waals surface area contributed by atoms with Crippen LogP contribution in [0, 0.1) is 0 Å². The third-order valence-corrected chi connectivity index (χ3v) is 1.83. The van der Waals surface area contributed by atoms with Gasteiger partial charge < -0.3 is 5.32 Å². The lowest BCUT2D eigenvalue weighted by Gasteiger charge is -2.01. The number of rotatable bonds is 4. The van der Waals surface area contributed by atoms with E-state index in [2.05, 4.69) is 25.5 Å². The molecule has 0 fully saturated rings. The molecule has 0 aliphatic heterocycles. The number of hydrogen-bond donors (Lipinski definition) is 2. The number of nitrogens with one attached hydrogen (secondary N) is 2. The average molecular weight is 189 g/mol. The summed E-state index contributed by atoms with van der Waals surface area (Å²) in [6.45, 7) is 1.57. The van der Waals surface area contributed by atoms with E-state index in [4.69, 9.17) is 0 Å². The topological polar surface area (TPSA) is 66.5 Å². The van der Waals surface area contributed by atoms with Gasteiger partial charge in [-0.2, -0.15) is 5.10 Å². The predicted molar refractivity (Wildman–Crippen MR) is 51.2 cm³/mol. The Hall–Kier alpha value is -1.75. The van der Waals surface area contributed by atoms with E-state index >= 15 is 0 Å². The molecule has 0 spiro atoms. The second-order valence-corrected chi connectivity index (χ2v) is 2.96. The lowest BCUT2D eigenvalue weighted by atomic mass is 10.3. The SMILES string of the molecule is c1ncc(CNCc2cn[nH]c2)cn1. The molecule has 2 N–H and O–H groups in total. The van der Waals surface area contributed by atoms with Gasteiger partial charge in [-0.15, -0.1) is 0 Å². The van der Waals surface area contributed by atoms with Crippen LogP contribution < -0.4 is 5.32 Å². The molecule has 5 nitrogen and oxygen atoms in total. The summed E-state index contributed by atoms with van der Waals surface area (Å²) in [7, 11) is 0. The Kier molecular flexibility index (Phi) is 2.82. The minimum atomic E-state index is 0.770. The van der Waals surface area contributed by atoms with Gasteiger partial charge in [0.05, 0.1) is 6.20 Å². The highest BCUT2D eigenvalue weighted by atomic mass is 15.1. The summed E-state index contributed by atoms with van der Waals surface area (Å²) in [5.74, 6) is 0. The third-order valence-electron chi connectivity index (χ3n) is 1.83. The normalized spacial score (nSPS) is 10.3. The van der Waals surface area contributed by atoms with E-state index in [9.17, 15) is 0 Å². The molecule has 0 unspecified atom stereocenters. The minimum Gasteiger partial charge on any atom is -0.308 e. The zero-order chi connectivity index (χ0) is 9.64. The number of aromatic nitrogens is 4. The van der Waals surface area contributed by atoms with Crippen molar-refractivity contribution in [3.63, 3.8) is 0 Å². The van der Waals surface area contributed by atoms with E-state index < -0.39 is 0 Å². The van der Waals surface area contributed by atoms with E-state index in [-0.39, 0.29) is 0 Å². The first-order valence-corrected chi connectivity index (χ1v) is 4.37. The van der Waals surface area contributed by atoms with Crippen molar-refractivity contribution >= 4 is 0 Å². The van der Waals surface area contributed by atoms with Gasteiger partial charge in [0.2, 0.25) is 0 Å². The third kappa shape index (κ3) is 2.37. The van der Waals surface area contributed by atoms with Crippen LogP contribution >= 0.6 is 0 Å². The van der Waals surface area contributed by atoms with Gasteiger partial charge in [-0.1, -0.05) is 0 Å². The minimum absolute atomic E-state index is 0.770. The molecule has 0 aliphatic carbocycles. The van der Waals surface area contributed by atoms with Crippen LogP contribution in [0.15, 0.2) is 31.1 Å². The molecule has 0 saturated carbocycles. The van der Waals surface area contributed by atoms with E-state index in [1.165, 1.54) is 6.33 Å². The molecule has 2 heterocycles. The lowest BCUT2D eigenvalue weighted by molar-refractivity contribution is 0.689. The standard InChI is InChI=1S/C9H11N5/c1(8-3-11-7-12-4-8)10-2-9-5-13-14-6-9/h3-7,10H,1-2H2,(H,13,14). The highest BCUT2D eigenvalue weighted by Gasteiger charge is 1.94. The molecular formula is C9H11N5. The van der Waals surface area contributed by atoms with Crippen LogP contribution in [0.2, 0.25) is 0 Å². The van der Waals surface area contributed by atoms with Crippen molar-refractivity contribution in [3.05, 3.63) is 42.2 Å². The van der Waals surface area contributed by atoms with E-state index in [1.807, 2.05) is 6.20 Å². The van der Waals surface area contributed by atoms with Crippen molar-refractivity contribution in [2.24, 2.45) is 0 Å². The van der Waals surface area contributed by atoms with Crippen LogP contribution in [0.1, 0.15) is 11.1 Å². The molecule has 2 aromatic heterocycles. The van der Waals surface area contributed by atoms with E-state index in [0.717, 1.165) is 24.2 Å². The fourth-order valence-corrected chi connectivity index (χ4v) is 1.15. The van der Waals surface area contributed by atoms with Gasteiger partial charge in [0.15, 0.2) is 0 Å². The van der Waals surface area contributed by atoms with Crippen LogP contribution in [-0.2, 0) is 13.1 Å². The van der Waals surface area contributed by atoms with Crippen LogP contribution in [0.5, 0.6) is 0 Å². The summed E-state index contributed by atoms with van der Waals surface area (Å²) in [6.07, 6.45) is 8.80. The van der Waals surface area contributed by atoms with Crippen molar-refractivity contribution in [3.8, 4) is 0 Å². The number of nitrogens with zero attached hydrogens (tertiary/aromatic N) is 3. The molecule has 5 heteroatoms. The molecule has 72 valence electrons. The monoisotopic (exact) mass is 189 g/mol. The quantitative estimate of drug-likeness (QED) is 0.734. The maximum absolute atomic E-state index is 3.93. The summed E-state index contributed by atoms with van der Waals surface area (Å²) in [4.78, 5) is 7.86. The van der Waals surface area contributed by atoms with Crippen molar-refractivity contribution < 1.29 is 0 Å². The summed E-state index contributed by atoms with van der Waals surface area (Å²) in [5, 5.41) is 9.89. The smallest absolute Gasteiger partial charge is 0.115 e. The maximum Gasteiger partial charge on any atom is 0.115 e. The summed E-state index contributed by atoms with van der Waals surface area (Å²) >= 11 is 0. The molecule has 0 saturated heterocycles. The molecule has 14 heavy (non-hydrogen) atoms. The van der Waals surface area contributed by atoms with Gasteiger partial charge in [0.25, 0.3) is 0 Å². The number of hydrogen-bond acceptors (Lipinski definition) is 4. The molecule has 0 atom stereocenters. The number of H-pyrrole nitrogens is 1. The van der Waals surface area contributed by atoms with Crippen molar-refractivity contribution in [2.75, 3.05) is 0 Å². The molecule has 2 rings (SSSR count). The summed E-state index contributed by atoms with van der Waals surface area (Å²) in [5.41, 5.74) is 2.22. The molecule has 0 radical (unpaired) electrons. The molecule has 2 aromatic rings. The molecule has 0 bridgehead atoms. The van der Waals surface area contributed by atoms with Crippen LogP contribution in [-0.4, -0.2) is 20.2 Å². The Labute approximate surface area is 81.6 Å². The van der Waals surface area contributed by atoms with Gasteiger partial charge in [-0.25, -0.2) is 9.97 Å². The molecular weight excluding hydrogens is 178 g/mol. The van der Waals surface area contributed by atoms with Gasteiger partial charge >= 0.3 is 0 Å². The Balaban J connectivity index is 1.79. The van der Waals surface area contributed by atoms with E-state index in [0.29, 0.717) is 0 Å². The van der Waals surface area contributed by atoms with Gasteiger partial charge in [0, 0.05) is 42.8 Å². The predicted octanol–water partition coefficient (Wildman–Crippen LogP) is 0.489. The Morgan fingerprint density at radius 3 is 2.57 bits per heavy atom. The van der Waals surface area contributed by atoms with Crippen LogP contribution in [0.3, 0.4) is 0 Å². The maximum atomic E-state index is 3.93. The van der Waals surface area contributed by atoms with Crippen LogP contribution in [0.4, 0.5) is 0 Å². The largest absolute Gasteiger partial charge is 0.308 e. The first kappa shape index (κ1) is 8.83. The zero-order valence-corrected chi connectivity index (χ0v) is 7.64. The Morgan fingerprint density at radius 2 is 1.86 bits per heavy atom. The van der Waals surface area contributed by atoms with Gasteiger partial charge in [0.1, 0.15) is 6.33 Å².